The molecule has 3 aromatic rings. The Labute approximate surface area is 170 Å². The summed E-state index contributed by atoms with van der Waals surface area (Å²) in [5, 5.41) is 10.3. The molecule has 30 heavy (non-hydrogen) atoms. The number of aromatic nitrogens is 3. The average Bonchev–Trinajstić information content (AvgIpc) is 3.17. The summed E-state index contributed by atoms with van der Waals surface area (Å²) in [5.74, 6) is -0.735. The number of benzene rings is 1. The molecule has 3 heterocycles. The fraction of sp³-hybridized carbons (Fsp3) is 0.250. The van der Waals surface area contributed by atoms with E-state index in [0.717, 1.165) is 5.69 Å². The van der Waals surface area contributed by atoms with Crippen molar-refractivity contribution in [2.45, 2.75) is 32.7 Å². The number of hydrogen-bond acceptors (Lipinski definition) is 5. The minimum absolute atomic E-state index is 0.0551. The van der Waals surface area contributed by atoms with E-state index < -0.39 is 17.5 Å². The Bertz CT molecular complexity index is 1270. The highest BCUT2D eigenvalue weighted by Gasteiger charge is 2.43. The molecule has 4 N–H and O–H groups in total. The van der Waals surface area contributed by atoms with Crippen LogP contribution in [0.3, 0.4) is 0 Å². The molecule has 154 valence electrons. The van der Waals surface area contributed by atoms with Gasteiger partial charge in [-0.15, -0.1) is 0 Å². The summed E-state index contributed by atoms with van der Waals surface area (Å²) in [6, 6.07) is 7.58. The molecule has 1 fully saturated rings. The van der Waals surface area contributed by atoms with Crippen LogP contribution in [0, 0.1) is 13.8 Å². The van der Waals surface area contributed by atoms with Crippen LogP contribution in [-0.4, -0.2) is 32.4 Å². The first-order valence-electron chi connectivity index (χ1n) is 9.29. The number of fused-ring (bicyclic) bond motifs is 1. The lowest BCUT2D eigenvalue weighted by molar-refractivity contribution is -0.123. The number of imide groups is 1. The fourth-order valence-electron chi connectivity index (χ4n) is 3.63. The number of hydrogen-bond donors (Lipinski definition) is 4. The van der Waals surface area contributed by atoms with Crippen molar-refractivity contribution in [3.05, 3.63) is 63.2 Å². The zero-order chi connectivity index (χ0) is 21.6. The van der Waals surface area contributed by atoms with Gasteiger partial charge in [-0.05, 0) is 38.5 Å². The third-order valence-electron chi connectivity index (χ3n) is 5.31. The number of rotatable bonds is 4. The molecule has 0 bridgehead atoms. The number of nitrogens with zero attached hydrogens (tertiary/aromatic N) is 2. The van der Waals surface area contributed by atoms with E-state index in [1.807, 2.05) is 6.92 Å². The maximum absolute atomic E-state index is 12.7. The molecule has 4 amide bonds. The summed E-state index contributed by atoms with van der Waals surface area (Å²) >= 11 is 0. The number of carbonyl (C=O) groups excluding carboxylic acids is 3. The van der Waals surface area contributed by atoms with Crippen molar-refractivity contribution in [2.24, 2.45) is 0 Å². The van der Waals surface area contributed by atoms with Gasteiger partial charge >= 0.3 is 6.03 Å². The van der Waals surface area contributed by atoms with E-state index in [1.165, 1.54) is 6.07 Å². The van der Waals surface area contributed by atoms with Crippen molar-refractivity contribution in [1.82, 2.24) is 25.2 Å². The first-order chi connectivity index (χ1) is 14.2. The second-order valence-electron chi connectivity index (χ2n) is 7.41. The molecule has 0 saturated carbocycles. The van der Waals surface area contributed by atoms with Gasteiger partial charge in [-0.3, -0.25) is 24.8 Å². The van der Waals surface area contributed by atoms with Crippen molar-refractivity contribution in [1.29, 1.82) is 0 Å². The van der Waals surface area contributed by atoms with Crippen molar-refractivity contribution in [3.8, 4) is 0 Å². The highest BCUT2D eigenvalue weighted by atomic mass is 16.2. The van der Waals surface area contributed by atoms with Crippen LogP contribution in [0.2, 0.25) is 0 Å². The maximum atomic E-state index is 12.7. The van der Waals surface area contributed by atoms with Crippen molar-refractivity contribution < 1.29 is 14.4 Å². The van der Waals surface area contributed by atoms with E-state index in [0.29, 0.717) is 28.2 Å². The van der Waals surface area contributed by atoms with Crippen LogP contribution in [0.1, 0.15) is 29.4 Å². The van der Waals surface area contributed by atoms with Gasteiger partial charge in [0, 0.05) is 28.7 Å². The largest absolute Gasteiger partial charge is 0.326 e. The van der Waals surface area contributed by atoms with E-state index in [2.05, 4.69) is 26.0 Å². The van der Waals surface area contributed by atoms with Crippen LogP contribution in [0.15, 0.2) is 35.1 Å². The fourth-order valence-corrected chi connectivity index (χ4v) is 3.63. The standard InChI is InChI=1S/C20H20N6O4/c1-10-14(11(2)26-15(21-10)9-17(28)25-26)8-16(27)22-13-6-4-5-12(7-13)20(3)18(29)23-19(30)24-20/h4-7,9H,8H2,1-3H3,(H,22,27)(H,25,28)(H2,23,24,29,30). The first-order valence-corrected chi connectivity index (χ1v) is 9.29. The topological polar surface area (TPSA) is 137 Å². The molecule has 1 unspecified atom stereocenters. The van der Waals surface area contributed by atoms with E-state index in [1.54, 1.807) is 42.6 Å². The molecule has 0 spiro atoms. The second-order valence-corrected chi connectivity index (χ2v) is 7.41. The molecular formula is C20H20N6O4. The van der Waals surface area contributed by atoms with E-state index in [-0.39, 0.29) is 17.9 Å². The van der Waals surface area contributed by atoms with Gasteiger partial charge in [0.1, 0.15) is 5.54 Å². The minimum Gasteiger partial charge on any atom is -0.326 e. The Morgan fingerprint density at radius 3 is 2.67 bits per heavy atom. The molecule has 1 aliphatic heterocycles. The molecule has 1 aliphatic rings. The Hall–Kier alpha value is -3.95. The first kappa shape index (κ1) is 19.4. The Balaban J connectivity index is 1.57. The summed E-state index contributed by atoms with van der Waals surface area (Å²) in [6.45, 7) is 5.19. The molecule has 1 atom stereocenters. The van der Waals surface area contributed by atoms with Gasteiger partial charge < -0.3 is 10.6 Å². The predicted molar refractivity (Wildman–Crippen MR) is 108 cm³/mol. The van der Waals surface area contributed by atoms with Gasteiger partial charge in [0.05, 0.1) is 6.42 Å². The van der Waals surface area contributed by atoms with Crippen LogP contribution in [0.4, 0.5) is 10.5 Å². The number of nitrogens with one attached hydrogen (secondary N) is 4. The summed E-state index contributed by atoms with van der Waals surface area (Å²) in [7, 11) is 0. The third-order valence-corrected chi connectivity index (χ3v) is 5.31. The van der Waals surface area contributed by atoms with Gasteiger partial charge in [0.2, 0.25) is 5.91 Å². The number of anilines is 1. The lowest BCUT2D eigenvalue weighted by Gasteiger charge is -2.21. The summed E-state index contributed by atoms with van der Waals surface area (Å²) in [6.07, 6.45) is 0.0551. The molecule has 2 aromatic heterocycles. The Kier molecular flexibility index (Phi) is 4.41. The third kappa shape index (κ3) is 3.21. The number of amides is 4. The van der Waals surface area contributed by atoms with Gasteiger partial charge in [-0.1, -0.05) is 12.1 Å². The number of urea groups is 1. The molecular weight excluding hydrogens is 388 g/mol. The van der Waals surface area contributed by atoms with Gasteiger partial charge in [-0.2, -0.15) is 0 Å². The summed E-state index contributed by atoms with van der Waals surface area (Å²) in [4.78, 5) is 52.3. The summed E-state index contributed by atoms with van der Waals surface area (Å²) in [5.41, 5.74) is 2.15. The molecule has 10 nitrogen and oxygen atoms in total. The molecule has 1 saturated heterocycles. The average molecular weight is 408 g/mol. The van der Waals surface area contributed by atoms with E-state index >= 15 is 0 Å². The van der Waals surface area contributed by atoms with Crippen LogP contribution < -0.4 is 21.5 Å². The van der Waals surface area contributed by atoms with Gasteiger partial charge in [-0.25, -0.2) is 14.3 Å². The van der Waals surface area contributed by atoms with Crippen LogP contribution >= 0.6 is 0 Å². The summed E-state index contributed by atoms with van der Waals surface area (Å²) < 4.78 is 1.56. The van der Waals surface area contributed by atoms with Crippen molar-refractivity contribution in [2.75, 3.05) is 5.32 Å². The Morgan fingerprint density at radius 2 is 1.97 bits per heavy atom. The number of aryl methyl sites for hydroxylation is 2. The lowest BCUT2D eigenvalue weighted by Crippen LogP contribution is -2.40. The highest BCUT2D eigenvalue weighted by Crippen LogP contribution is 2.26. The normalized spacial score (nSPS) is 18.4. The smallest absolute Gasteiger partial charge is 0.322 e. The molecule has 0 radical (unpaired) electrons. The van der Waals surface area contributed by atoms with E-state index in [9.17, 15) is 19.2 Å². The van der Waals surface area contributed by atoms with Crippen molar-refractivity contribution >= 4 is 29.2 Å². The highest BCUT2D eigenvalue weighted by molar-refractivity contribution is 6.07. The molecule has 0 aliphatic carbocycles. The maximum Gasteiger partial charge on any atom is 0.322 e. The SMILES string of the molecule is Cc1nc2cc(=O)[nH]n2c(C)c1CC(=O)Nc1cccc(C2(C)NC(=O)NC2=O)c1. The number of carbonyl (C=O) groups is 3. The van der Waals surface area contributed by atoms with Gasteiger partial charge in [0.15, 0.2) is 5.65 Å². The van der Waals surface area contributed by atoms with Gasteiger partial charge in [0.25, 0.3) is 11.5 Å². The Morgan fingerprint density at radius 1 is 1.20 bits per heavy atom. The predicted octanol–water partition coefficient (Wildman–Crippen LogP) is 0.875. The zero-order valence-corrected chi connectivity index (χ0v) is 16.6. The molecule has 1 aromatic carbocycles. The van der Waals surface area contributed by atoms with E-state index in [4.69, 9.17) is 0 Å². The van der Waals surface area contributed by atoms with Crippen molar-refractivity contribution in [3.63, 3.8) is 0 Å². The minimum atomic E-state index is -1.21. The quantitative estimate of drug-likeness (QED) is 0.475. The number of aromatic amines is 1. The number of H-pyrrole nitrogens is 1. The lowest BCUT2D eigenvalue weighted by atomic mass is 9.92. The van der Waals surface area contributed by atoms with Crippen LogP contribution in [-0.2, 0) is 21.5 Å². The zero-order valence-electron chi connectivity index (χ0n) is 16.6. The molecule has 4 rings (SSSR count). The second kappa shape index (κ2) is 6.83. The van der Waals surface area contributed by atoms with Crippen LogP contribution in [0.25, 0.3) is 5.65 Å². The monoisotopic (exact) mass is 408 g/mol. The molecule has 10 heteroatoms. The van der Waals surface area contributed by atoms with Crippen LogP contribution in [0.5, 0.6) is 0 Å².